The SMILES string of the molecule is Fc1ccc(Oc2cccc(Cl)n2)c(F)c1. The van der Waals surface area contributed by atoms with E-state index in [0.717, 1.165) is 12.1 Å². The van der Waals surface area contributed by atoms with Gasteiger partial charge in [-0.25, -0.2) is 13.8 Å². The van der Waals surface area contributed by atoms with E-state index in [1.165, 1.54) is 12.1 Å². The Hall–Kier alpha value is -1.68. The highest BCUT2D eigenvalue weighted by Gasteiger charge is 2.06. The van der Waals surface area contributed by atoms with E-state index in [2.05, 4.69) is 4.98 Å². The molecule has 0 atom stereocenters. The maximum atomic E-state index is 13.2. The first-order valence-corrected chi connectivity index (χ1v) is 4.78. The lowest BCUT2D eigenvalue weighted by molar-refractivity contribution is 0.424. The van der Waals surface area contributed by atoms with Crippen molar-refractivity contribution in [2.45, 2.75) is 0 Å². The number of rotatable bonds is 2. The molecule has 0 unspecified atom stereocenters. The number of hydrogen-bond acceptors (Lipinski definition) is 2. The van der Waals surface area contributed by atoms with E-state index in [1.807, 2.05) is 0 Å². The van der Waals surface area contributed by atoms with Gasteiger partial charge in [-0.3, -0.25) is 0 Å². The molecule has 0 N–H and O–H groups in total. The van der Waals surface area contributed by atoms with Crippen molar-refractivity contribution in [1.82, 2.24) is 4.98 Å². The van der Waals surface area contributed by atoms with Gasteiger partial charge in [0.1, 0.15) is 11.0 Å². The molecule has 0 saturated heterocycles. The molecule has 2 aromatic rings. The van der Waals surface area contributed by atoms with Crippen molar-refractivity contribution in [1.29, 1.82) is 0 Å². The van der Waals surface area contributed by atoms with Gasteiger partial charge in [0.15, 0.2) is 11.6 Å². The molecule has 1 heterocycles. The Kier molecular flexibility index (Phi) is 3.01. The fourth-order valence-corrected chi connectivity index (χ4v) is 1.27. The molecule has 1 aromatic heterocycles. The van der Waals surface area contributed by atoms with Gasteiger partial charge >= 0.3 is 0 Å². The largest absolute Gasteiger partial charge is 0.436 e. The minimum Gasteiger partial charge on any atom is -0.436 e. The third-order valence-electron chi connectivity index (χ3n) is 1.80. The third-order valence-corrected chi connectivity index (χ3v) is 2.01. The molecular weight excluding hydrogens is 236 g/mol. The summed E-state index contributed by atoms with van der Waals surface area (Å²) in [6.07, 6.45) is 0. The maximum absolute atomic E-state index is 13.2. The third kappa shape index (κ3) is 2.46. The van der Waals surface area contributed by atoms with E-state index in [0.29, 0.717) is 0 Å². The molecule has 0 fully saturated rings. The maximum Gasteiger partial charge on any atom is 0.220 e. The van der Waals surface area contributed by atoms with E-state index in [9.17, 15) is 8.78 Å². The van der Waals surface area contributed by atoms with E-state index in [4.69, 9.17) is 16.3 Å². The topological polar surface area (TPSA) is 22.1 Å². The van der Waals surface area contributed by atoms with Gasteiger partial charge in [0.2, 0.25) is 5.88 Å². The molecule has 0 radical (unpaired) electrons. The second-order valence-corrected chi connectivity index (χ2v) is 3.36. The minimum absolute atomic E-state index is 0.101. The molecule has 0 amide bonds. The number of aromatic nitrogens is 1. The standard InChI is InChI=1S/C11H6ClF2NO/c12-10-2-1-3-11(15-10)16-9-5-4-7(13)6-8(9)14/h1-6H. The van der Waals surface area contributed by atoms with Gasteiger partial charge in [0.25, 0.3) is 0 Å². The molecule has 0 spiro atoms. The number of nitrogens with zero attached hydrogens (tertiary/aromatic N) is 1. The van der Waals surface area contributed by atoms with Crippen LogP contribution >= 0.6 is 11.6 Å². The first kappa shape index (κ1) is 10.8. The average molecular weight is 242 g/mol. The molecule has 2 rings (SSSR count). The lowest BCUT2D eigenvalue weighted by Gasteiger charge is -2.05. The zero-order chi connectivity index (χ0) is 11.5. The van der Waals surface area contributed by atoms with Crippen molar-refractivity contribution in [3.63, 3.8) is 0 Å². The van der Waals surface area contributed by atoms with Crippen LogP contribution in [0.25, 0.3) is 0 Å². The number of hydrogen-bond donors (Lipinski definition) is 0. The Labute approximate surface area is 95.5 Å². The molecule has 82 valence electrons. The zero-order valence-electron chi connectivity index (χ0n) is 7.95. The Bertz CT molecular complexity index is 519. The fourth-order valence-electron chi connectivity index (χ4n) is 1.12. The molecule has 16 heavy (non-hydrogen) atoms. The molecule has 0 bridgehead atoms. The first-order chi connectivity index (χ1) is 7.65. The van der Waals surface area contributed by atoms with Gasteiger partial charge < -0.3 is 4.74 Å². The normalized spacial score (nSPS) is 10.2. The lowest BCUT2D eigenvalue weighted by atomic mass is 10.3. The van der Waals surface area contributed by atoms with Crippen LogP contribution in [-0.4, -0.2) is 4.98 Å². The Balaban J connectivity index is 2.27. The molecule has 2 nitrogen and oxygen atoms in total. The minimum atomic E-state index is -0.790. The quantitative estimate of drug-likeness (QED) is 0.746. The summed E-state index contributed by atoms with van der Waals surface area (Å²) < 4.78 is 30.9. The van der Waals surface area contributed by atoms with Crippen LogP contribution in [0.4, 0.5) is 8.78 Å². The monoisotopic (exact) mass is 241 g/mol. The molecule has 0 saturated carbocycles. The number of pyridine rings is 1. The molecular formula is C11H6ClF2NO. The fraction of sp³-hybridized carbons (Fsp3) is 0. The van der Waals surface area contributed by atoms with Crippen molar-refractivity contribution < 1.29 is 13.5 Å². The van der Waals surface area contributed by atoms with Crippen molar-refractivity contribution in [2.24, 2.45) is 0 Å². The van der Waals surface area contributed by atoms with Crippen LogP contribution in [-0.2, 0) is 0 Å². The Morgan fingerprint density at radius 2 is 1.94 bits per heavy atom. The van der Waals surface area contributed by atoms with Crippen molar-refractivity contribution in [2.75, 3.05) is 0 Å². The Morgan fingerprint density at radius 1 is 1.12 bits per heavy atom. The van der Waals surface area contributed by atoms with E-state index >= 15 is 0 Å². The first-order valence-electron chi connectivity index (χ1n) is 4.40. The lowest BCUT2D eigenvalue weighted by Crippen LogP contribution is -1.91. The second-order valence-electron chi connectivity index (χ2n) is 2.98. The predicted octanol–water partition coefficient (Wildman–Crippen LogP) is 3.81. The summed E-state index contributed by atoms with van der Waals surface area (Å²) in [4.78, 5) is 3.81. The summed E-state index contributed by atoms with van der Waals surface area (Å²) in [5.41, 5.74) is 0. The summed E-state index contributed by atoms with van der Waals surface area (Å²) in [6, 6.07) is 7.73. The number of benzene rings is 1. The smallest absolute Gasteiger partial charge is 0.220 e. The van der Waals surface area contributed by atoms with E-state index in [1.54, 1.807) is 12.1 Å². The van der Waals surface area contributed by atoms with E-state index in [-0.39, 0.29) is 16.8 Å². The van der Waals surface area contributed by atoms with Gasteiger partial charge in [-0.05, 0) is 18.2 Å². The van der Waals surface area contributed by atoms with Crippen molar-refractivity contribution in [3.8, 4) is 11.6 Å². The second kappa shape index (κ2) is 4.45. The van der Waals surface area contributed by atoms with Crippen molar-refractivity contribution in [3.05, 3.63) is 53.2 Å². The van der Waals surface area contributed by atoms with Crippen LogP contribution in [0.3, 0.4) is 0 Å². The van der Waals surface area contributed by atoms with Gasteiger partial charge in [-0.2, -0.15) is 0 Å². The van der Waals surface area contributed by atoms with Gasteiger partial charge in [0, 0.05) is 12.1 Å². The van der Waals surface area contributed by atoms with Gasteiger partial charge in [-0.1, -0.05) is 17.7 Å². The van der Waals surface area contributed by atoms with Crippen LogP contribution in [0.2, 0.25) is 5.15 Å². The highest BCUT2D eigenvalue weighted by atomic mass is 35.5. The summed E-state index contributed by atoms with van der Waals surface area (Å²) in [7, 11) is 0. The zero-order valence-corrected chi connectivity index (χ0v) is 8.71. The average Bonchev–Trinajstić information content (AvgIpc) is 2.22. The number of halogens is 3. The van der Waals surface area contributed by atoms with E-state index < -0.39 is 11.6 Å². The van der Waals surface area contributed by atoms with Crippen LogP contribution in [0.15, 0.2) is 36.4 Å². The van der Waals surface area contributed by atoms with Crippen LogP contribution in [0, 0.1) is 11.6 Å². The molecule has 5 heteroatoms. The predicted molar refractivity (Wildman–Crippen MR) is 55.7 cm³/mol. The number of ether oxygens (including phenoxy) is 1. The van der Waals surface area contributed by atoms with Crippen LogP contribution < -0.4 is 4.74 Å². The Morgan fingerprint density at radius 3 is 2.62 bits per heavy atom. The molecule has 0 aliphatic heterocycles. The summed E-state index contributed by atoms with van der Waals surface area (Å²) in [5, 5.41) is 0.236. The highest BCUT2D eigenvalue weighted by molar-refractivity contribution is 6.29. The highest BCUT2D eigenvalue weighted by Crippen LogP contribution is 2.24. The molecule has 0 aliphatic carbocycles. The van der Waals surface area contributed by atoms with Gasteiger partial charge in [0.05, 0.1) is 0 Å². The summed E-state index contributed by atoms with van der Waals surface area (Å²) in [6.45, 7) is 0. The molecule has 1 aromatic carbocycles. The van der Waals surface area contributed by atoms with Crippen LogP contribution in [0.5, 0.6) is 11.6 Å². The van der Waals surface area contributed by atoms with Crippen LogP contribution in [0.1, 0.15) is 0 Å². The summed E-state index contributed by atoms with van der Waals surface area (Å²) >= 11 is 5.63. The van der Waals surface area contributed by atoms with Crippen molar-refractivity contribution >= 4 is 11.6 Å². The van der Waals surface area contributed by atoms with Gasteiger partial charge in [-0.15, -0.1) is 0 Å². The molecule has 0 aliphatic rings. The summed E-state index contributed by atoms with van der Waals surface area (Å²) in [5.74, 6) is -1.40.